The maximum absolute atomic E-state index is 10.1. The van der Waals surface area contributed by atoms with Crippen LogP contribution in [0.15, 0.2) is 0 Å². The number of rotatable bonds is 22. The molecule has 0 aliphatic carbocycles. The summed E-state index contributed by atoms with van der Waals surface area (Å²) < 4.78 is 70.7. The van der Waals surface area contributed by atoms with Crippen LogP contribution in [0, 0.1) is 0 Å². The maximum Gasteiger partial charge on any atom is 0.217 e. The molecule has 0 saturated carbocycles. The molecule has 0 N–H and O–H groups in total. The summed E-state index contributed by atoms with van der Waals surface area (Å²) in [5, 5.41) is 0. The van der Waals surface area contributed by atoms with Gasteiger partial charge in [-0.1, -0.05) is 0 Å². The SMILES string of the molecule is COCCOCCOCCOCCOCCOCCOCCOS(=O)(=O)[O-]. The molecule has 0 fully saturated rings. The van der Waals surface area contributed by atoms with Crippen LogP contribution in [0.2, 0.25) is 0 Å². The van der Waals surface area contributed by atoms with Crippen LogP contribution in [0.3, 0.4) is 0 Å². The molecule has 0 bridgehead atoms. The van der Waals surface area contributed by atoms with Crippen LogP contribution >= 0.6 is 0 Å². The summed E-state index contributed by atoms with van der Waals surface area (Å²) in [6.45, 7) is 5.25. The van der Waals surface area contributed by atoms with Crippen molar-refractivity contribution >= 4 is 10.4 Å². The summed E-state index contributed by atoms with van der Waals surface area (Å²) in [4.78, 5) is 0. The molecule has 0 aromatic carbocycles. The molecule has 0 aliphatic heterocycles. The minimum Gasteiger partial charge on any atom is -0.726 e. The van der Waals surface area contributed by atoms with Gasteiger partial charge >= 0.3 is 0 Å². The Bertz CT molecular complexity index is 391. The van der Waals surface area contributed by atoms with Gasteiger partial charge in [0.05, 0.1) is 92.5 Å². The first-order valence-electron chi connectivity index (χ1n) is 8.62. The van der Waals surface area contributed by atoms with Gasteiger partial charge in [0.2, 0.25) is 10.4 Å². The lowest BCUT2D eigenvalue weighted by Crippen LogP contribution is -2.15. The molecule has 0 atom stereocenters. The van der Waals surface area contributed by atoms with E-state index in [1.807, 2.05) is 0 Å². The van der Waals surface area contributed by atoms with Gasteiger partial charge < -0.3 is 37.7 Å². The average Bonchev–Trinajstić information content (AvgIpc) is 2.62. The lowest BCUT2D eigenvalue weighted by molar-refractivity contribution is -0.0199. The standard InChI is InChI=1S/C15H32O11S/c1-19-2-3-20-4-5-21-6-7-22-8-9-23-10-11-24-12-13-25-14-15-26-27(16,17)18/h2-15H2,1H3,(H,16,17,18)/p-1. The minimum atomic E-state index is -4.65. The monoisotopic (exact) mass is 419 g/mol. The van der Waals surface area contributed by atoms with E-state index in [0.717, 1.165) is 0 Å². The predicted molar refractivity (Wildman–Crippen MR) is 92.4 cm³/mol. The topological polar surface area (TPSA) is 131 Å². The molecule has 12 heteroatoms. The third-order valence-electron chi connectivity index (χ3n) is 2.75. The van der Waals surface area contributed by atoms with Crippen molar-refractivity contribution in [2.24, 2.45) is 0 Å². The van der Waals surface area contributed by atoms with E-state index in [9.17, 15) is 13.0 Å². The summed E-state index contributed by atoms with van der Waals surface area (Å²) >= 11 is 0. The highest BCUT2D eigenvalue weighted by Crippen LogP contribution is 1.87. The van der Waals surface area contributed by atoms with Crippen molar-refractivity contribution in [3.63, 3.8) is 0 Å². The summed E-state index contributed by atoms with van der Waals surface area (Å²) in [7, 11) is -3.03. The lowest BCUT2D eigenvalue weighted by atomic mass is 10.6. The van der Waals surface area contributed by atoms with Gasteiger partial charge in [-0.15, -0.1) is 0 Å². The van der Waals surface area contributed by atoms with Crippen molar-refractivity contribution in [3.8, 4) is 0 Å². The van der Waals surface area contributed by atoms with Crippen molar-refractivity contribution in [1.29, 1.82) is 0 Å². The van der Waals surface area contributed by atoms with Crippen molar-refractivity contribution < 1.29 is 50.3 Å². The molecule has 0 saturated heterocycles. The summed E-state index contributed by atoms with van der Waals surface area (Å²) in [5.74, 6) is 0. The Morgan fingerprint density at radius 1 is 0.519 bits per heavy atom. The predicted octanol–water partition coefficient (Wildman–Crippen LogP) is -0.791. The highest BCUT2D eigenvalue weighted by Gasteiger charge is 1.96. The molecule has 0 amide bonds. The van der Waals surface area contributed by atoms with Crippen LogP contribution < -0.4 is 0 Å². The highest BCUT2D eigenvalue weighted by molar-refractivity contribution is 7.80. The third-order valence-corrected chi connectivity index (χ3v) is 3.20. The Balaban J connectivity index is 3.03. The van der Waals surface area contributed by atoms with Crippen LogP contribution in [-0.2, 0) is 47.7 Å². The Morgan fingerprint density at radius 2 is 0.778 bits per heavy atom. The van der Waals surface area contributed by atoms with E-state index in [1.54, 1.807) is 7.11 Å². The van der Waals surface area contributed by atoms with Gasteiger partial charge in [-0.25, -0.2) is 8.42 Å². The summed E-state index contributed by atoms with van der Waals surface area (Å²) in [6.07, 6.45) is 0. The normalized spacial score (nSPS) is 11.9. The number of hydrogen-bond donors (Lipinski definition) is 0. The van der Waals surface area contributed by atoms with E-state index in [2.05, 4.69) is 4.18 Å². The molecule has 0 aromatic heterocycles. The quantitative estimate of drug-likeness (QED) is 0.124. The molecule has 0 unspecified atom stereocenters. The summed E-state index contributed by atoms with van der Waals surface area (Å²) in [5.41, 5.74) is 0. The molecule has 0 rings (SSSR count). The molecule has 0 spiro atoms. The van der Waals surface area contributed by atoms with Crippen LogP contribution in [0.5, 0.6) is 0 Å². The van der Waals surface area contributed by atoms with E-state index in [0.29, 0.717) is 72.7 Å². The number of ether oxygens (including phenoxy) is 7. The fraction of sp³-hybridized carbons (Fsp3) is 1.00. The van der Waals surface area contributed by atoms with Crippen molar-refractivity contribution in [2.75, 3.05) is 99.6 Å². The van der Waals surface area contributed by atoms with Gasteiger partial charge in [-0.2, -0.15) is 0 Å². The highest BCUT2D eigenvalue weighted by atomic mass is 32.3. The second-order valence-electron chi connectivity index (χ2n) is 4.90. The van der Waals surface area contributed by atoms with Gasteiger partial charge in [0.25, 0.3) is 0 Å². The molecule has 164 valence electrons. The molecule has 0 radical (unpaired) electrons. The largest absolute Gasteiger partial charge is 0.726 e. The van der Waals surface area contributed by atoms with E-state index >= 15 is 0 Å². The van der Waals surface area contributed by atoms with E-state index < -0.39 is 10.4 Å². The first-order chi connectivity index (χ1) is 13.1. The van der Waals surface area contributed by atoms with Gasteiger partial charge in [0, 0.05) is 7.11 Å². The van der Waals surface area contributed by atoms with Crippen LogP contribution in [0.25, 0.3) is 0 Å². The van der Waals surface area contributed by atoms with Crippen molar-refractivity contribution in [3.05, 3.63) is 0 Å². The van der Waals surface area contributed by atoms with Gasteiger partial charge in [0.15, 0.2) is 0 Å². The van der Waals surface area contributed by atoms with Gasteiger partial charge in [-0.3, -0.25) is 4.18 Å². The van der Waals surface area contributed by atoms with Crippen molar-refractivity contribution in [2.45, 2.75) is 0 Å². The molecule has 0 aliphatic rings. The smallest absolute Gasteiger partial charge is 0.217 e. The number of methoxy groups -OCH3 is 1. The van der Waals surface area contributed by atoms with Gasteiger partial charge in [0.1, 0.15) is 0 Å². The summed E-state index contributed by atoms with van der Waals surface area (Å²) in [6, 6.07) is 0. The van der Waals surface area contributed by atoms with Crippen molar-refractivity contribution in [1.82, 2.24) is 0 Å². The Labute approximate surface area is 161 Å². The fourth-order valence-corrected chi connectivity index (χ4v) is 1.81. The molecule has 0 aromatic rings. The molecular weight excluding hydrogens is 388 g/mol. The minimum absolute atomic E-state index is 0.00320. The lowest BCUT2D eigenvalue weighted by Gasteiger charge is -2.09. The average molecular weight is 419 g/mol. The molecule has 27 heavy (non-hydrogen) atoms. The van der Waals surface area contributed by atoms with E-state index in [1.165, 1.54) is 0 Å². The zero-order chi connectivity index (χ0) is 20.1. The molecule has 11 nitrogen and oxygen atoms in total. The van der Waals surface area contributed by atoms with Crippen LogP contribution in [0.4, 0.5) is 0 Å². The van der Waals surface area contributed by atoms with Crippen LogP contribution in [-0.4, -0.2) is 113 Å². The third kappa shape index (κ3) is 25.6. The van der Waals surface area contributed by atoms with Gasteiger partial charge in [-0.05, 0) is 0 Å². The molecular formula is C15H31O11S-. The zero-order valence-corrected chi connectivity index (χ0v) is 16.6. The fourth-order valence-electron chi connectivity index (χ4n) is 1.54. The Kier molecular flexibility index (Phi) is 20.0. The number of hydrogen-bond acceptors (Lipinski definition) is 11. The molecule has 0 heterocycles. The first-order valence-corrected chi connectivity index (χ1v) is 9.95. The van der Waals surface area contributed by atoms with E-state index in [-0.39, 0.29) is 19.8 Å². The second kappa shape index (κ2) is 20.3. The maximum atomic E-state index is 10.1. The Morgan fingerprint density at radius 3 is 1.04 bits per heavy atom. The van der Waals surface area contributed by atoms with Crippen LogP contribution in [0.1, 0.15) is 0 Å². The second-order valence-corrected chi connectivity index (χ2v) is 5.95. The Hall–Kier alpha value is -0.410. The first kappa shape index (κ1) is 26.6. The zero-order valence-electron chi connectivity index (χ0n) is 15.8. The van der Waals surface area contributed by atoms with E-state index in [4.69, 9.17) is 33.2 Å².